The fraction of sp³-hybridized carbons (Fsp3) is 0.531. The van der Waals surface area contributed by atoms with E-state index in [1.165, 1.54) is 17.7 Å². The number of carbonyl (C=O) groups is 3. The van der Waals surface area contributed by atoms with Crippen molar-refractivity contribution in [1.29, 1.82) is 0 Å². The van der Waals surface area contributed by atoms with Crippen LogP contribution in [-0.4, -0.2) is 78.7 Å². The van der Waals surface area contributed by atoms with Crippen molar-refractivity contribution in [3.63, 3.8) is 0 Å². The molecule has 0 radical (unpaired) electrons. The van der Waals surface area contributed by atoms with Gasteiger partial charge in [-0.15, -0.1) is 13.2 Å². The third kappa shape index (κ3) is 8.50. The summed E-state index contributed by atoms with van der Waals surface area (Å²) in [6, 6.07) is 11.3. The highest BCUT2D eigenvalue weighted by atomic mass is 19.4. The number of nitrogens with one attached hydrogen (secondary N) is 3. The van der Waals surface area contributed by atoms with E-state index in [2.05, 4.69) is 26.8 Å². The minimum atomic E-state index is -4.78. The molecule has 12 heteroatoms. The maximum Gasteiger partial charge on any atom is 0.573 e. The van der Waals surface area contributed by atoms with Gasteiger partial charge in [0.15, 0.2) is 0 Å². The van der Waals surface area contributed by atoms with Crippen LogP contribution in [0.5, 0.6) is 5.75 Å². The molecule has 2 aromatic carbocycles. The van der Waals surface area contributed by atoms with Crippen molar-refractivity contribution < 1.29 is 32.3 Å². The van der Waals surface area contributed by atoms with Crippen LogP contribution in [0.25, 0.3) is 0 Å². The summed E-state index contributed by atoms with van der Waals surface area (Å²) in [6.45, 7) is 6.68. The molecule has 3 N–H and O–H groups in total. The van der Waals surface area contributed by atoms with Gasteiger partial charge in [-0.25, -0.2) is 0 Å². The Balaban J connectivity index is 1.54. The molecule has 2 aliphatic rings. The van der Waals surface area contributed by atoms with E-state index in [-0.39, 0.29) is 48.5 Å². The number of hydrogen-bond acceptors (Lipinski definition) is 6. The predicted octanol–water partition coefficient (Wildman–Crippen LogP) is 3.54. The van der Waals surface area contributed by atoms with Crippen molar-refractivity contribution in [3.05, 3.63) is 65.2 Å². The van der Waals surface area contributed by atoms with Crippen molar-refractivity contribution in [2.45, 2.75) is 77.1 Å². The minimum Gasteiger partial charge on any atom is -0.406 e. The molecule has 9 nitrogen and oxygen atoms in total. The van der Waals surface area contributed by atoms with Gasteiger partial charge in [0.2, 0.25) is 17.7 Å². The van der Waals surface area contributed by atoms with Gasteiger partial charge < -0.3 is 25.6 Å². The lowest BCUT2D eigenvalue weighted by molar-refractivity contribution is -0.274. The quantitative estimate of drug-likeness (QED) is 0.377. The van der Waals surface area contributed by atoms with Crippen molar-refractivity contribution in [2.24, 2.45) is 5.92 Å². The normalized spacial score (nSPS) is 20.4. The Kier molecular flexibility index (Phi) is 10.9. The molecule has 0 spiro atoms. The van der Waals surface area contributed by atoms with Crippen molar-refractivity contribution >= 4 is 17.7 Å². The topological polar surface area (TPSA) is 103 Å². The second kappa shape index (κ2) is 14.4. The highest BCUT2D eigenvalue weighted by Crippen LogP contribution is 2.30. The molecule has 1 heterocycles. The van der Waals surface area contributed by atoms with Crippen molar-refractivity contribution in [2.75, 3.05) is 26.7 Å². The number of nitrogens with zero attached hydrogens (tertiary/aromatic N) is 2. The van der Waals surface area contributed by atoms with Gasteiger partial charge in [-0.1, -0.05) is 50.2 Å². The number of fused-ring (bicyclic) bond motifs is 1. The molecule has 1 fully saturated rings. The number of rotatable bonds is 10. The molecule has 0 saturated carbocycles. The van der Waals surface area contributed by atoms with Crippen LogP contribution in [0.4, 0.5) is 13.2 Å². The van der Waals surface area contributed by atoms with E-state index in [0.717, 1.165) is 30.4 Å². The number of piperazine rings is 1. The summed E-state index contributed by atoms with van der Waals surface area (Å²) in [4.78, 5) is 44.3. The van der Waals surface area contributed by atoms with Crippen LogP contribution in [0.2, 0.25) is 0 Å². The van der Waals surface area contributed by atoms with Gasteiger partial charge >= 0.3 is 6.36 Å². The summed E-state index contributed by atoms with van der Waals surface area (Å²) in [5.41, 5.74) is 3.02. The monoisotopic (exact) mass is 617 g/mol. The van der Waals surface area contributed by atoms with Crippen LogP contribution in [0.15, 0.2) is 48.5 Å². The fourth-order valence-electron chi connectivity index (χ4n) is 5.80. The van der Waals surface area contributed by atoms with E-state index < -0.39 is 24.5 Å². The van der Waals surface area contributed by atoms with Crippen LogP contribution in [0, 0.1) is 5.92 Å². The van der Waals surface area contributed by atoms with Gasteiger partial charge in [0.1, 0.15) is 17.8 Å². The molecule has 4 atom stereocenters. The Bertz CT molecular complexity index is 1300. The lowest BCUT2D eigenvalue weighted by Crippen LogP contribution is -2.64. The van der Waals surface area contributed by atoms with Gasteiger partial charge in [0.05, 0.1) is 12.1 Å². The second-order valence-corrected chi connectivity index (χ2v) is 11.9. The molecule has 1 aliphatic heterocycles. The zero-order valence-electron chi connectivity index (χ0n) is 25.6. The summed E-state index contributed by atoms with van der Waals surface area (Å²) < 4.78 is 41.8. The van der Waals surface area contributed by atoms with E-state index in [1.807, 2.05) is 36.9 Å². The number of alkyl halides is 3. The first-order chi connectivity index (χ1) is 20.9. The summed E-state index contributed by atoms with van der Waals surface area (Å²) in [7, 11) is 1.66. The third-order valence-corrected chi connectivity index (χ3v) is 8.36. The lowest BCUT2D eigenvalue weighted by atomic mass is 9.87. The Morgan fingerprint density at radius 1 is 1.02 bits per heavy atom. The number of aryl methyl sites for hydroxylation is 1. The first-order valence-electron chi connectivity index (χ1n) is 15.1. The van der Waals surface area contributed by atoms with Gasteiger partial charge in [0, 0.05) is 26.2 Å². The van der Waals surface area contributed by atoms with Gasteiger partial charge in [-0.05, 0) is 68.0 Å². The fourth-order valence-corrected chi connectivity index (χ4v) is 5.80. The Hall–Kier alpha value is -3.64. The molecule has 2 aromatic rings. The minimum absolute atomic E-state index is 0.182. The second-order valence-electron chi connectivity index (χ2n) is 11.9. The largest absolute Gasteiger partial charge is 0.573 e. The van der Waals surface area contributed by atoms with Crippen LogP contribution >= 0.6 is 0 Å². The molecule has 3 amide bonds. The maximum absolute atomic E-state index is 14.0. The van der Waals surface area contributed by atoms with Crippen LogP contribution in [0.1, 0.15) is 56.3 Å². The summed E-state index contributed by atoms with van der Waals surface area (Å²) in [6.07, 6.45) is -2.12. The lowest BCUT2D eigenvalue weighted by Gasteiger charge is -2.43. The van der Waals surface area contributed by atoms with E-state index in [0.29, 0.717) is 13.1 Å². The average molecular weight is 618 g/mol. The first kappa shape index (κ1) is 33.3. The number of hydrogen-bond donors (Lipinski definition) is 3. The Morgan fingerprint density at radius 3 is 2.39 bits per heavy atom. The molecule has 4 rings (SSSR count). The number of benzene rings is 2. The zero-order valence-corrected chi connectivity index (χ0v) is 25.6. The van der Waals surface area contributed by atoms with Crippen molar-refractivity contribution in [1.82, 2.24) is 25.8 Å². The van der Waals surface area contributed by atoms with Gasteiger partial charge in [0.25, 0.3) is 0 Å². The molecular weight excluding hydrogens is 575 g/mol. The molecule has 0 bridgehead atoms. The zero-order chi connectivity index (χ0) is 32.0. The number of ether oxygens (including phenoxy) is 1. The molecule has 1 aliphatic carbocycles. The Labute approximate surface area is 256 Å². The molecular formula is C32H42F3N5O4. The van der Waals surface area contributed by atoms with Crippen LogP contribution < -0.4 is 20.7 Å². The average Bonchev–Trinajstić information content (AvgIpc) is 2.99. The van der Waals surface area contributed by atoms with Crippen LogP contribution in [0.3, 0.4) is 0 Å². The predicted molar refractivity (Wildman–Crippen MR) is 159 cm³/mol. The van der Waals surface area contributed by atoms with Gasteiger partial charge in [-0.3, -0.25) is 19.3 Å². The maximum atomic E-state index is 14.0. The van der Waals surface area contributed by atoms with Gasteiger partial charge in [-0.2, -0.15) is 0 Å². The molecule has 1 unspecified atom stereocenters. The smallest absolute Gasteiger partial charge is 0.406 e. The highest BCUT2D eigenvalue weighted by Gasteiger charge is 2.40. The summed E-state index contributed by atoms with van der Waals surface area (Å²) in [5, 5.41) is 8.94. The van der Waals surface area contributed by atoms with E-state index >= 15 is 0 Å². The van der Waals surface area contributed by atoms with E-state index in [4.69, 9.17) is 0 Å². The number of likely N-dealkylation sites (N-methyl/N-ethyl adjacent to an activating group) is 1. The molecule has 0 aromatic heterocycles. The van der Waals surface area contributed by atoms with E-state index in [1.54, 1.807) is 31.0 Å². The standard InChI is InChI=1S/C32H42F3N5O4/c1-20(2)28(38-29(41)21(3)36-4)31(43)40-17-16-39(18-22-12-14-24(15-13-22)44-32(33,34)35)19-27(40)30(42)37-26-11-7-9-23-8-5-6-10-25(23)26/h5-6,8,10,12-15,20-21,26-28,36H,7,9,11,16-19H2,1-4H3,(H,37,42)(H,38,41)/t21-,26?,27-,28-/m0/s1. The molecule has 1 saturated heterocycles. The molecule has 44 heavy (non-hydrogen) atoms. The number of amides is 3. The summed E-state index contributed by atoms with van der Waals surface area (Å²) in [5.74, 6) is -1.45. The molecule has 240 valence electrons. The summed E-state index contributed by atoms with van der Waals surface area (Å²) >= 11 is 0. The van der Waals surface area contributed by atoms with Crippen LogP contribution in [-0.2, 0) is 27.3 Å². The SMILES string of the molecule is CN[C@@H](C)C(=O)N[C@H](C(=O)N1CCN(Cc2ccc(OC(F)(F)F)cc2)C[C@H]1C(=O)NC1CCCc2ccccc21)C(C)C. The van der Waals surface area contributed by atoms with Crippen molar-refractivity contribution in [3.8, 4) is 5.75 Å². The first-order valence-corrected chi connectivity index (χ1v) is 15.1. The number of carbonyl (C=O) groups excluding carboxylic acids is 3. The Morgan fingerprint density at radius 2 is 1.73 bits per heavy atom. The van der Waals surface area contributed by atoms with E-state index in [9.17, 15) is 27.6 Å². The number of halogens is 3. The highest BCUT2D eigenvalue weighted by molar-refractivity contribution is 5.93. The third-order valence-electron chi connectivity index (χ3n) is 8.36.